The van der Waals surface area contributed by atoms with Gasteiger partial charge in [-0.3, -0.25) is 9.59 Å². The Balaban J connectivity index is 1.81. The Morgan fingerprint density at radius 3 is 2.52 bits per heavy atom. The predicted octanol–water partition coefficient (Wildman–Crippen LogP) is 3.24. The summed E-state index contributed by atoms with van der Waals surface area (Å²) in [6.07, 6.45) is 2.66. The maximum atomic E-state index is 12.7. The SMILES string of the molecule is CCC(=O)N[C@@H](Cc1c[nH]c2ccccc12)C(=O)Nc1ccccc1. The number of hydrogen-bond acceptors (Lipinski definition) is 2. The molecule has 3 N–H and O–H groups in total. The number of anilines is 1. The van der Waals surface area contributed by atoms with Gasteiger partial charge in [0.1, 0.15) is 6.04 Å². The van der Waals surface area contributed by atoms with Gasteiger partial charge in [0, 0.05) is 35.6 Å². The molecule has 2 amide bonds. The number of H-pyrrole nitrogens is 1. The minimum absolute atomic E-state index is 0.145. The monoisotopic (exact) mass is 335 g/mol. The van der Waals surface area contributed by atoms with Gasteiger partial charge in [-0.25, -0.2) is 0 Å². The maximum Gasteiger partial charge on any atom is 0.247 e. The highest BCUT2D eigenvalue weighted by Crippen LogP contribution is 2.19. The van der Waals surface area contributed by atoms with E-state index in [4.69, 9.17) is 0 Å². The van der Waals surface area contributed by atoms with Crippen LogP contribution in [0.4, 0.5) is 5.69 Å². The molecule has 2 aromatic carbocycles. The molecule has 0 saturated heterocycles. The summed E-state index contributed by atoms with van der Waals surface area (Å²) in [4.78, 5) is 27.8. The number of amides is 2. The van der Waals surface area contributed by atoms with Crippen LogP contribution in [0, 0.1) is 0 Å². The van der Waals surface area contributed by atoms with E-state index in [2.05, 4.69) is 15.6 Å². The van der Waals surface area contributed by atoms with Crippen molar-refractivity contribution in [3.05, 3.63) is 66.4 Å². The largest absolute Gasteiger partial charge is 0.361 e. The Bertz CT molecular complexity index is 871. The van der Waals surface area contributed by atoms with Gasteiger partial charge in [-0.2, -0.15) is 0 Å². The average Bonchev–Trinajstić information content (AvgIpc) is 3.05. The van der Waals surface area contributed by atoms with Crippen molar-refractivity contribution < 1.29 is 9.59 Å². The predicted molar refractivity (Wildman–Crippen MR) is 99.3 cm³/mol. The minimum atomic E-state index is -0.633. The highest BCUT2D eigenvalue weighted by Gasteiger charge is 2.22. The fraction of sp³-hybridized carbons (Fsp3) is 0.200. The van der Waals surface area contributed by atoms with Gasteiger partial charge in [-0.15, -0.1) is 0 Å². The Morgan fingerprint density at radius 1 is 1.04 bits per heavy atom. The van der Waals surface area contributed by atoms with Crippen LogP contribution in [0.5, 0.6) is 0 Å². The van der Waals surface area contributed by atoms with E-state index < -0.39 is 6.04 Å². The lowest BCUT2D eigenvalue weighted by molar-refractivity contribution is -0.126. The maximum absolute atomic E-state index is 12.7. The van der Waals surface area contributed by atoms with Gasteiger partial charge >= 0.3 is 0 Å². The van der Waals surface area contributed by atoms with Gasteiger partial charge in [-0.1, -0.05) is 43.3 Å². The van der Waals surface area contributed by atoms with Crippen LogP contribution in [0.25, 0.3) is 10.9 Å². The van der Waals surface area contributed by atoms with Crippen molar-refractivity contribution in [1.29, 1.82) is 0 Å². The third-order valence-corrected chi connectivity index (χ3v) is 4.11. The molecule has 5 heteroatoms. The summed E-state index contributed by atoms with van der Waals surface area (Å²) >= 11 is 0. The van der Waals surface area contributed by atoms with Crippen LogP contribution >= 0.6 is 0 Å². The Kier molecular flexibility index (Phi) is 5.14. The molecule has 0 unspecified atom stereocenters. The summed E-state index contributed by atoms with van der Waals surface area (Å²) in [5, 5.41) is 6.75. The number of aromatic amines is 1. The molecule has 0 bridgehead atoms. The van der Waals surface area contributed by atoms with Crippen molar-refractivity contribution in [1.82, 2.24) is 10.3 Å². The van der Waals surface area contributed by atoms with E-state index in [9.17, 15) is 9.59 Å². The third kappa shape index (κ3) is 4.07. The van der Waals surface area contributed by atoms with Crippen LogP contribution < -0.4 is 10.6 Å². The third-order valence-electron chi connectivity index (χ3n) is 4.11. The van der Waals surface area contributed by atoms with Crippen molar-refractivity contribution in [2.24, 2.45) is 0 Å². The topological polar surface area (TPSA) is 74.0 Å². The van der Waals surface area contributed by atoms with Gasteiger partial charge in [-0.05, 0) is 23.8 Å². The molecule has 0 radical (unpaired) electrons. The molecule has 0 fully saturated rings. The lowest BCUT2D eigenvalue weighted by Gasteiger charge is -2.18. The van der Waals surface area contributed by atoms with Crippen LogP contribution in [0.15, 0.2) is 60.8 Å². The van der Waals surface area contributed by atoms with Crippen LogP contribution in [-0.2, 0) is 16.0 Å². The molecule has 1 heterocycles. The first-order chi connectivity index (χ1) is 12.2. The standard InChI is InChI=1S/C20H21N3O2/c1-2-19(24)23-18(20(25)22-15-8-4-3-5-9-15)12-14-13-21-17-11-7-6-10-16(14)17/h3-11,13,18,21H,2,12H2,1H3,(H,22,25)(H,23,24)/t18-/m0/s1. The number of carbonyl (C=O) groups is 2. The molecule has 1 aromatic heterocycles. The van der Waals surface area contributed by atoms with Crippen molar-refractivity contribution in [2.75, 3.05) is 5.32 Å². The van der Waals surface area contributed by atoms with Crippen molar-refractivity contribution in [2.45, 2.75) is 25.8 Å². The summed E-state index contributed by atoms with van der Waals surface area (Å²) in [6.45, 7) is 1.77. The zero-order valence-electron chi connectivity index (χ0n) is 14.1. The fourth-order valence-electron chi connectivity index (χ4n) is 2.78. The number of rotatable bonds is 6. The highest BCUT2D eigenvalue weighted by molar-refractivity contribution is 5.97. The van der Waals surface area contributed by atoms with Crippen LogP contribution in [-0.4, -0.2) is 22.8 Å². The summed E-state index contributed by atoms with van der Waals surface area (Å²) in [5.74, 6) is -0.369. The molecule has 3 rings (SSSR count). The first-order valence-electron chi connectivity index (χ1n) is 8.37. The van der Waals surface area contributed by atoms with E-state index in [0.717, 1.165) is 16.5 Å². The van der Waals surface area contributed by atoms with Crippen molar-refractivity contribution >= 4 is 28.4 Å². The second kappa shape index (κ2) is 7.66. The van der Waals surface area contributed by atoms with Crippen LogP contribution in [0.2, 0.25) is 0 Å². The number of nitrogens with one attached hydrogen (secondary N) is 3. The molecule has 0 aliphatic carbocycles. The fourth-order valence-corrected chi connectivity index (χ4v) is 2.78. The minimum Gasteiger partial charge on any atom is -0.361 e. The number of hydrogen-bond donors (Lipinski definition) is 3. The van der Waals surface area contributed by atoms with Gasteiger partial charge in [0.15, 0.2) is 0 Å². The Hall–Kier alpha value is -3.08. The van der Waals surface area contributed by atoms with Gasteiger partial charge in [0.25, 0.3) is 0 Å². The van der Waals surface area contributed by atoms with Crippen LogP contribution in [0.1, 0.15) is 18.9 Å². The molecule has 25 heavy (non-hydrogen) atoms. The van der Waals surface area contributed by atoms with Crippen molar-refractivity contribution in [3.8, 4) is 0 Å². The summed E-state index contributed by atoms with van der Waals surface area (Å²) in [6, 6.07) is 16.5. The Morgan fingerprint density at radius 2 is 1.76 bits per heavy atom. The number of carbonyl (C=O) groups excluding carboxylic acids is 2. The van der Waals surface area contributed by atoms with E-state index >= 15 is 0 Å². The first-order valence-corrected chi connectivity index (χ1v) is 8.37. The summed E-state index contributed by atoms with van der Waals surface area (Å²) in [5.41, 5.74) is 2.73. The zero-order chi connectivity index (χ0) is 17.6. The van der Waals surface area contributed by atoms with Gasteiger partial charge in [0.05, 0.1) is 0 Å². The second-order valence-electron chi connectivity index (χ2n) is 5.89. The first kappa shape index (κ1) is 16.8. The molecule has 0 spiro atoms. The number of benzene rings is 2. The molecule has 0 saturated carbocycles. The molecule has 128 valence electrons. The molecule has 1 atom stereocenters. The Labute approximate surface area is 146 Å². The quantitative estimate of drug-likeness (QED) is 0.647. The van der Waals surface area contributed by atoms with E-state index in [-0.39, 0.29) is 11.8 Å². The highest BCUT2D eigenvalue weighted by atomic mass is 16.2. The molecule has 0 aliphatic heterocycles. The number of fused-ring (bicyclic) bond motifs is 1. The molecular formula is C20H21N3O2. The summed E-state index contributed by atoms with van der Waals surface area (Å²) < 4.78 is 0. The number of para-hydroxylation sites is 2. The van der Waals surface area contributed by atoms with Gasteiger partial charge < -0.3 is 15.6 Å². The second-order valence-corrected chi connectivity index (χ2v) is 5.89. The van der Waals surface area contributed by atoms with E-state index in [0.29, 0.717) is 18.5 Å². The normalized spacial score (nSPS) is 11.9. The number of aromatic nitrogens is 1. The molecule has 5 nitrogen and oxygen atoms in total. The zero-order valence-corrected chi connectivity index (χ0v) is 14.1. The van der Waals surface area contributed by atoms with E-state index in [1.54, 1.807) is 6.92 Å². The smallest absolute Gasteiger partial charge is 0.247 e. The lowest BCUT2D eigenvalue weighted by Crippen LogP contribution is -2.45. The molecule has 3 aromatic rings. The molecule has 0 aliphatic rings. The van der Waals surface area contributed by atoms with E-state index in [1.807, 2.05) is 60.8 Å². The van der Waals surface area contributed by atoms with Gasteiger partial charge in [0.2, 0.25) is 11.8 Å². The molecular weight excluding hydrogens is 314 g/mol. The van der Waals surface area contributed by atoms with Crippen LogP contribution in [0.3, 0.4) is 0 Å². The van der Waals surface area contributed by atoms with Crippen molar-refractivity contribution in [3.63, 3.8) is 0 Å². The summed E-state index contributed by atoms with van der Waals surface area (Å²) in [7, 11) is 0. The van der Waals surface area contributed by atoms with E-state index in [1.165, 1.54) is 0 Å². The average molecular weight is 335 g/mol. The lowest BCUT2D eigenvalue weighted by atomic mass is 10.0.